The van der Waals surface area contributed by atoms with Gasteiger partial charge in [0.2, 0.25) is 0 Å². The SMILES string of the molecule is NC1=NC2(CO1)c1cc(-c3cncc(Cl)c3)ccc1OC1CCCO[C@@H]12. The van der Waals surface area contributed by atoms with E-state index < -0.39 is 5.54 Å². The molecule has 4 heterocycles. The van der Waals surface area contributed by atoms with E-state index in [0.717, 1.165) is 35.3 Å². The Balaban J connectivity index is 1.67. The van der Waals surface area contributed by atoms with Crippen LogP contribution in [0.1, 0.15) is 18.4 Å². The quantitative estimate of drug-likeness (QED) is 0.833. The molecule has 5 rings (SSSR count). The summed E-state index contributed by atoms with van der Waals surface area (Å²) in [6.45, 7) is 1.04. The van der Waals surface area contributed by atoms with Crippen LogP contribution >= 0.6 is 11.6 Å². The van der Waals surface area contributed by atoms with Gasteiger partial charge in [-0.25, -0.2) is 4.99 Å². The van der Waals surface area contributed by atoms with Crippen molar-refractivity contribution in [2.24, 2.45) is 10.7 Å². The van der Waals surface area contributed by atoms with E-state index in [4.69, 9.17) is 31.5 Å². The van der Waals surface area contributed by atoms with E-state index in [1.54, 1.807) is 12.4 Å². The minimum Gasteiger partial charge on any atom is -0.487 e. The second-order valence-corrected chi connectivity index (χ2v) is 7.29. The van der Waals surface area contributed by atoms with Gasteiger partial charge in [-0.15, -0.1) is 0 Å². The smallest absolute Gasteiger partial charge is 0.283 e. The van der Waals surface area contributed by atoms with Crippen molar-refractivity contribution in [2.75, 3.05) is 13.2 Å². The highest BCUT2D eigenvalue weighted by molar-refractivity contribution is 6.30. The van der Waals surface area contributed by atoms with Crippen molar-refractivity contribution in [3.05, 3.63) is 47.2 Å². The molecular formula is C19H18ClN3O3. The number of benzene rings is 1. The first kappa shape index (κ1) is 15.9. The molecule has 2 unspecified atom stereocenters. The Morgan fingerprint density at radius 2 is 2.12 bits per heavy atom. The maximum Gasteiger partial charge on any atom is 0.283 e. The Hall–Kier alpha value is -2.31. The molecule has 2 N–H and O–H groups in total. The third kappa shape index (κ3) is 2.36. The fourth-order valence-electron chi connectivity index (χ4n) is 4.09. The second-order valence-electron chi connectivity index (χ2n) is 6.86. The van der Waals surface area contributed by atoms with Gasteiger partial charge in [0.1, 0.15) is 24.6 Å². The number of fused-ring (bicyclic) bond motifs is 4. The van der Waals surface area contributed by atoms with Gasteiger partial charge in [-0.05, 0) is 36.6 Å². The van der Waals surface area contributed by atoms with Crippen molar-refractivity contribution in [2.45, 2.75) is 30.6 Å². The van der Waals surface area contributed by atoms with Crippen LogP contribution in [0.4, 0.5) is 0 Å². The van der Waals surface area contributed by atoms with Gasteiger partial charge in [-0.2, -0.15) is 0 Å². The van der Waals surface area contributed by atoms with Crippen LogP contribution in [0.25, 0.3) is 11.1 Å². The molecule has 0 radical (unpaired) electrons. The number of pyridine rings is 1. The number of aliphatic imine (C=N–C) groups is 1. The number of nitrogens with two attached hydrogens (primary N) is 1. The van der Waals surface area contributed by atoms with Crippen LogP contribution in [-0.2, 0) is 15.0 Å². The fourth-order valence-corrected chi connectivity index (χ4v) is 4.26. The molecule has 2 aromatic rings. The van der Waals surface area contributed by atoms with Crippen molar-refractivity contribution >= 4 is 17.6 Å². The predicted octanol–water partition coefficient (Wildman–Crippen LogP) is 2.88. The molecule has 1 aromatic heterocycles. The summed E-state index contributed by atoms with van der Waals surface area (Å²) in [6, 6.07) is 8.12. The number of nitrogens with zero attached hydrogens (tertiary/aromatic N) is 2. The van der Waals surface area contributed by atoms with Crippen molar-refractivity contribution in [3.63, 3.8) is 0 Å². The Kier molecular flexibility index (Phi) is 3.58. The lowest BCUT2D eigenvalue weighted by Gasteiger charge is -2.45. The van der Waals surface area contributed by atoms with Crippen molar-refractivity contribution in [1.29, 1.82) is 0 Å². The Morgan fingerprint density at radius 1 is 1.19 bits per heavy atom. The molecule has 0 bridgehead atoms. The minimum atomic E-state index is -0.676. The average molecular weight is 372 g/mol. The zero-order chi connectivity index (χ0) is 17.7. The van der Waals surface area contributed by atoms with Gasteiger partial charge >= 0.3 is 0 Å². The van der Waals surface area contributed by atoms with Gasteiger partial charge in [0.25, 0.3) is 6.02 Å². The molecule has 0 amide bonds. The minimum absolute atomic E-state index is 0.0480. The first-order valence-electron chi connectivity index (χ1n) is 8.67. The standard InChI is InChI=1S/C19H18ClN3O3/c20-13-6-12(8-22-9-13)11-3-4-15-14(7-11)19(10-25-18(21)23-19)17-16(26-15)2-1-5-24-17/h3-4,6-9,16-17H,1-2,5,10H2,(H2,21,23)/t16?,17-,19?/m0/s1. The molecule has 6 nitrogen and oxygen atoms in total. The lowest BCUT2D eigenvalue weighted by molar-refractivity contribution is -0.117. The highest BCUT2D eigenvalue weighted by Crippen LogP contribution is 2.49. The number of hydrogen-bond acceptors (Lipinski definition) is 6. The Morgan fingerprint density at radius 3 is 2.92 bits per heavy atom. The first-order valence-corrected chi connectivity index (χ1v) is 9.05. The van der Waals surface area contributed by atoms with Gasteiger partial charge in [0.15, 0.2) is 5.54 Å². The van der Waals surface area contributed by atoms with Crippen LogP contribution in [0, 0.1) is 0 Å². The zero-order valence-electron chi connectivity index (χ0n) is 14.0. The number of amidine groups is 1. The molecule has 1 fully saturated rings. The largest absolute Gasteiger partial charge is 0.487 e. The monoisotopic (exact) mass is 371 g/mol. The molecule has 0 saturated carbocycles. The number of halogens is 1. The number of ether oxygens (including phenoxy) is 3. The van der Waals surface area contributed by atoms with Gasteiger partial charge in [-0.3, -0.25) is 4.98 Å². The molecule has 1 spiro atoms. The van der Waals surface area contributed by atoms with Crippen molar-refractivity contribution in [1.82, 2.24) is 4.98 Å². The third-order valence-corrected chi connectivity index (χ3v) is 5.46. The summed E-state index contributed by atoms with van der Waals surface area (Å²) in [6.07, 6.45) is 5.04. The summed E-state index contributed by atoms with van der Waals surface area (Å²) in [7, 11) is 0. The molecule has 134 valence electrons. The number of aromatic nitrogens is 1. The van der Waals surface area contributed by atoms with Crippen molar-refractivity contribution < 1.29 is 14.2 Å². The fraction of sp³-hybridized carbons (Fsp3) is 0.368. The molecule has 26 heavy (non-hydrogen) atoms. The average Bonchev–Trinajstić information content (AvgIpc) is 3.04. The topological polar surface area (TPSA) is 79.0 Å². The summed E-state index contributed by atoms with van der Waals surface area (Å²) in [5.74, 6) is 0.803. The molecule has 3 aliphatic rings. The summed E-state index contributed by atoms with van der Waals surface area (Å²) in [5.41, 5.74) is 8.06. The van der Waals surface area contributed by atoms with Crippen LogP contribution in [0.5, 0.6) is 5.75 Å². The first-order chi connectivity index (χ1) is 12.7. The molecule has 1 saturated heterocycles. The van der Waals surface area contributed by atoms with Crippen molar-refractivity contribution in [3.8, 4) is 16.9 Å². The summed E-state index contributed by atoms with van der Waals surface area (Å²) >= 11 is 6.10. The zero-order valence-corrected chi connectivity index (χ0v) is 14.8. The summed E-state index contributed by atoms with van der Waals surface area (Å²) < 4.78 is 17.9. The second kappa shape index (κ2) is 5.86. The molecule has 3 aliphatic heterocycles. The van der Waals surface area contributed by atoms with Crippen LogP contribution < -0.4 is 10.5 Å². The molecule has 3 atom stereocenters. The van der Waals surface area contributed by atoms with Crippen LogP contribution in [0.3, 0.4) is 0 Å². The highest BCUT2D eigenvalue weighted by Gasteiger charge is 2.55. The Bertz CT molecular complexity index is 903. The van der Waals surface area contributed by atoms with Gasteiger partial charge in [0, 0.05) is 30.1 Å². The maximum absolute atomic E-state index is 6.24. The normalized spacial score (nSPS) is 29.3. The molecule has 1 aromatic carbocycles. The van der Waals surface area contributed by atoms with Crippen LogP contribution in [0.15, 0.2) is 41.7 Å². The van der Waals surface area contributed by atoms with E-state index in [2.05, 4.69) is 16.0 Å². The van der Waals surface area contributed by atoms with E-state index in [0.29, 0.717) is 18.2 Å². The van der Waals surface area contributed by atoms with E-state index in [-0.39, 0.29) is 18.2 Å². The van der Waals surface area contributed by atoms with Crippen LogP contribution in [-0.4, -0.2) is 36.4 Å². The lowest BCUT2D eigenvalue weighted by atomic mass is 9.77. The van der Waals surface area contributed by atoms with Gasteiger partial charge < -0.3 is 19.9 Å². The summed E-state index contributed by atoms with van der Waals surface area (Å²) in [4.78, 5) is 8.86. The maximum atomic E-state index is 6.24. The molecular weight excluding hydrogens is 354 g/mol. The predicted molar refractivity (Wildman–Crippen MR) is 97.3 cm³/mol. The number of hydrogen-bond donors (Lipinski definition) is 1. The van der Waals surface area contributed by atoms with Gasteiger partial charge in [-0.1, -0.05) is 17.7 Å². The van der Waals surface area contributed by atoms with E-state index >= 15 is 0 Å². The molecule has 0 aliphatic carbocycles. The van der Waals surface area contributed by atoms with E-state index in [9.17, 15) is 0 Å². The Labute approximate surface area is 155 Å². The highest BCUT2D eigenvalue weighted by atomic mass is 35.5. The molecule has 7 heteroatoms. The van der Waals surface area contributed by atoms with E-state index in [1.165, 1.54) is 0 Å². The van der Waals surface area contributed by atoms with E-state index in [1.807, 2.05) is 18.2 Å². The third-order valence-electron chi connectivity index (χ3n) is 5.25. The van der Waals surface area contributed by atoms with Gasteiger partial charge in [0.05, 0.1) is 5.02 Å². The summed E-state index contributed by atoms with van der Waals surface area (Å²) in [5, 5.41) is 0.591. The van der Waals surface area contributed by atoms with Crippen LogP contribution in [0.2, 0.25) is 5.02 Å². The number of rotatable bonds is 1. The lowest BCUT2D eigenvalue weighted by Crippen LogP contribution is -2.55.